The Morgan fingerprint density at radius 3 is 2.71 bits per heavy atom. The molecule has 2 fully saturated rings. The Morgan fingerprint density at radius 1 is 1.29 bits per heavy atom. The second kappa shape index (κ2) is 6.35. The highest BCUT2D eigenvalue weighted by atomic mass is 16.5. The molecule has 1 N–H and O–H groups in total. The minimum absolute atomic E-state index is 0.173. The zero-order valence-electron chi connectivity index (χ0n) is 12.5. The number of carbonyl (C=O) groups is 1. The quantitative estimate of drug-likeness (QED) is 0.881. The molecule has 0 unspecified atom stereocenters. The fourth-order valence-electron chi connectivity index (χ4n) is 2.68. The average Bonchev–Trinajstić information content (AvgIpc) is 3.32. The van der Waals surface area contributed by atoms with Crippen LogP contribution in [0, 0.1) is 0 Å². The third-order valence-electron chi connectivity index (χ3n) is 4.10. The van der Waals surface area contributed by atoms with Gasteiger partial charge in [-0.25, -0.2) is 0 Å². The molecule has 3 rings (SSSR count). The average molecular weight is 289 g/mol. The number of piperazine rings is 1. The number of amides is 1. The molecule has 0 aromatic heterocycles. The Hall–Kier alpha value is -1.75. The molecule has 1 aliphatic carbocycles. The van der Waals surface area contributed by atoms with Crippen molar-refractivity contribution < 1.29 is 9.53 Å². The van der Waals surface area contributed by atoms with Gasteiger partial charge in [-0.1, -0.05) is 6.07 Å². The first-order chi connectivity index (χ1) is 10.2. The van der Waals surface area contributed by atoms with Crippen molar-refractivity contribution in [3.8, 4) is 5.75 Å². The minimum Gasteiger partial charge on any atom is -0.497 e. The van der Waals surface area contributed by atoms with Gasteiger partial charge in [-0.05, 0) is 25.0 Å². The van der Waals surface area contributed by atoms with E-state index < -0.39 is 0 Å². The predicted octanol–water partition coefficient (Wildman–Crippen LogP) is 1.10. The highest BCUT2D eigenvalue weighted by molar-refractivity contribution is 5.78. The van der Waals surface area contributed by atoms with Crippen molar-refractivity contribution in [2.24, 2.45) is 0 Å². The highest BCUT2D eigenvalue weighted by Gasteiger charge is 2.25. The molecule has 1 amide bonds. The summed E-state index contributed by atoms with van der Waals surface area (Å²) in [6.45, 7) is 4.28. The molecule has 1 aliphatic heterocycles. The van der Waals surface area contributed by atoms with Crippen LogP contribution in [0.25, 0.3) is 0 Å². The van der Waals surface area contributed by atoms with Crippen LogP contribution in [0.2, 0.25) is 0 Å². The van der Waals surface area contributed by atoms with Gasteiger partial charge >= 0.3 is 0 Å². The summed E-state index contributed by atoms with van der Waals surface area (Å²) in [6, 6.07) is 8.61. The first-order valence-electron chi connectivity index (χ1n) is 7.65. The molecule has 2 aliphatic rings. The number of nitrogens with zero attached hydrogens (tertiary/aromatic N) is 2. The van der Waals surface area contributed by atoms with Crippen LogP contribution in [-0.2, 0) is 4.79 Å². The van der Waals surface area contributed by atoms with Crippen molar-refractivity contribution in [2.75, 3.05) is 44.7 Å². The van der Waals surface area contributed by atoms with Crippen molar-refractivity contribution in [3.05, 3.63) is 24.3 Å². The number of benzene rings is 1. The summed E-state index contributed by atoms with van der Waals surface area (Å²) < 4.78 is 5.27. The van der Waals surface area contributed by atoms with Gasteiger partial charge in [0.05, 0.1) is 13.7 Å². The standard InChI is InChI=1S/C16H23N3O2/c1-21-15-4-2-3-14(11-15)19-9-7-18(8-10-19)12-16(20)17-13-5-6-13/h2-4,11,13H,5-10,12H2,1H3,(H,17,20). The first-order valence-corrected chi connectivity index (χ1v) is 7.65. The lowest BCUT2D eigenvalue weighted by atomic mass is 10.2. The van der Waals surface area contributed by atoms with Crippen LogP contribution in [-0.4, -0.2) is 56.7 Å². The SMILES string of the molecule is COc1cccc(N2CCN(CC(=O)NC3CC3)CC2)c1. The van der Waals surface area contributed by atoms with E-state index >= 15 is 0 Å². The van der Waals surface area contributed by atoms with Crippen LogP contribution < -0.4 is 15.0 Å². The molecule has 114 valence electrons. The molecule has 0 radical (unpaired) electrons. The first kappa shape index (κ1) is 14.2. The third-order valence-corrected chi connectivity index (χ3v) is 4.10. The van der Waals surface area contributed by atoms with Gasteiger partial charge in [-0.15, -0.1) is 0 Å². The van der Waals surface area contributed by atoms with Crippen LogP contribution in [0.4, 0.5) is 5.69 Å². The summed E-state index contributed by atoms with van der Waals surface area (Å²) in [5, 5.41) is 3.05. The molecule has 1 heterocycles. The number of anilines is 1. The Bertz CT molecular complexity index is 494. The molecule has 1 aromatic rings. The van der Waals surface area contributed by atoms with E-state index in [2.05, 4.69) is 27.2 Å². The molecule has 1 saturated heterocycles. The van der Waals surface area contributed by atoms with Crippen LogP contribution in [0.1, 0.15) is 12.8 Å². The second-order valence-electron chi connectivity index (χ2n) is 5.81. The summed E-state index contributed by atoms with van der Waals surface area (Å²) in [6.07, 6.45) is 2.30. The van der Waals surface area contributed by atoms with E-state index in [4.69, 9.17) is 4.74 Å². The van der Waals surface area contributed by atoms with Crippen molar-refractivity contribution in [1.29, 1.82) is 0 Å². The molecule has 21 heavy (non-hydrogen) atoms. The number of methoxy groups -OCH3 is 1. The molecular formula is C16H23N3O2. The molecule has 5 heteroatoms. The lowest BCUT2D eigenvalue weighted by molar-refractivity contribution is -0.122. The van der Waals surface area contributed by atoms with E-state index in [1.807, 2.05) is 12.1 Å². The van der Waals surface area contributed by atoms with Gasteiger partial charge in [0, 0.05) is 44.0 Å². The number of nitrogens with one attached hydrogen (secondary N) is 1. The Kier molecular flexibility index (Phi) is 4.29. The maximum Gasteiger partial charge on any atom is 0.234 e. The van der Waals surface area contributed by atoms with Gasteiger partial charge in [-0.3, -0.25) is 9.69 Å². The summed E-state index contributed by atoms with van der Waals surface area (Å²) in [4.78, 5) is 16.4. The van der Waals surface area contributed by atoms with Crippen molar-refractivity contribution >= 4 is 11.6 Å². The van der Waals surface area contributed by atoms with Gasteiger partial charge < -0.3 is 15.0 Å². The Balaban J connectivity index is 1.48. The van der Waals surface area contributed by atoms with Gasteiger partial charge in [0.1, 0.15) is 5.75 Å². The predicted molar refractivity (Wildman–Crippen MR) is 82.8 cm³/mol. The third kappa shape index (κ3) is 3.88. The molecule has 5 nitrogen and oxygen atoms in total. The molecule has 0 atom stereocenters. The van der Waals surface area contributed by atoms with Gasteiger partial charge in [0.25, 0.3) is 0 Å². The second-order valence-corrected chi connectivity index (χ2v) is 5.81. The topological polar surface area (TPSA) is 44.8 Å². The minimum atomic E-state index is 0.173. The van der Waals surface area contributed by atoms with Crippen molar-refractivity contribution in [3.63, 3.8) is 0 Å². The van der Waals surface area contributed by atoms with Crippen molar-refractivity contribution in [2.45, 2.75) is 18.9 Å². The summed E-state index contributed by atoms with van der Waals surface area (Å²) in [5.41, 5.74) is 1.19. The lowest BCUT2D eigenvalue weighted by Crippen LogP contribution is -2.49. The van der Waals surface area contributed by atoms with Crippen LogP contribution in [0.15, 0.2) is 24.3 Å². The molecule has 0 spiro atoms. The smallest absolute Gasteiger partial charge is 0.234 e. The highest BCUT2D eigenvalue weighted by Crippen LogP contribution is 2.22. The summed E-state index contributed by atoms with van der Waals surface area (Å²) >= 11 is 0. The number of rotatable bonds is 5. The zero-order valence-corrected chi connectivity index (χ0v) is 12.5. The normalized spacial score (nSPS) is 19.4. The van der Waals surface area contributed by atoms with Crippen LogP contribution >= 0.6 is 0 Å². The largest absolute Gasteiger partial charge is 0.497 e. The van der Waals surface area contributed by atoms with Crippen LogP contribution in [0.3, 0.4) is 0 Å². The van der Waals surface area contributed by atoms with E-state index in [0.29, 0.717) is 12.6 Å². The number of ether oxygens (including phenoxy) is 1. The fraction of sp³-hybridized carbons (Fsp3) is 0.562. The summed E-state index contributed by atoms with van der Waals surface area (Å²) in [5.74, 6) is 1.06. The zero-order chi connectivity index (χ0) is 14.7. The van der Waals surface area contributed by atoms with Crippen molar-refractivity contribution in [1.82, 2.24) is 10.2 Å². The number of hydrogen-bond donors (Lipinski definition) is 1. The molecule has 0 bridgehead atoms. The van der Waals surface area contributed by atoms with E-state index in [1.54, 1.807) is 7.11 Å². The maximum atomic E-state index is 11.8. The summed E-state index contributed by atoms with van der Waals surface area (Å²) in [7, 11) is 1.69. The Morgan fingerprint density at radius 2 is 2.05 bits per heavy atom. The molecule has 1 saturated carbocycles. The monoisotopic (exact) mass is 289 g/mol. The molecular weight excluding hydrogens is 266 g/mol. The number of carbonyl (C=O) groups excluding carboxylic acids is 1. The van der Waals surface area contributed by atoms with E-state index in [0.717, 1.165) is 44.8 Å². The van der Waals surface area contributed by atoms with E-state index in [9.17, 15) is 4.79 Å². The molecule has 1 aromatic carbocycles. The maximum absolute atomic E-state index is 11.8. The van der Waals surface area contributed by atoms with Crippen LogP contribution in [0.5, 0.6) is 5.75 Å². The Labute approximate surface area is 125 Å². The van der Waals surface area contributed by atoms with E-state index in [1.165, 1.54) is 5.69 Å². The fourth-order valence-corrected chi connectivity index (χ4v) is 2.68. The van der Waals surface area contributed by atoms with Gasteiger partial charge in [0.15, 0.2) is 0 Å². The van der Waals surface area contributed by atoms with Gasteiger partial charge in [-0.2, -0.15) is 0 Å². The lowest BCUT2D eigenvalue weighted by Gasteiger charge is -2.35. The number of hydrogen-bond acceptors (Lipinski definition) is 4. The van der Waals surface area contributed by atoms with Gasteiger partial charge in [0.2, 0.25) is 5.91 Å². The van der Waals surface area contributed by atoms with E-state index in [-0.39, 0.29) is 5.91 Å².